The zero-order valence-electron chi connectivity index (χ0n) is 9.06. The van der Waals surface area contributed by atoms with Crippen molar-refractivity contribution in [1.29, 1.82) is 0 Å². The van der Waals surface area contributed by atoms with Gasteiger partial charge in [-0.25, -0.2) is 0 Å². The molecule has 6 rings (SSSR count). The van der Waals surface area contributed by atoms with Gasteiger partial charge < -0.3 is 21.1 Å². The normalized spacial score (nSPS) is 78.8. The summed E-state index contributed by atoms with van der Waals surface area (Å²) in [7, 11) is 0. The van der Waals surface area contributed by atoms with Gasteiger partial charge in [-0.2, -0.15) is 0 Å². The molecule has 88 valence electrons. The summed E-state index contributed by atoms with van der Waals surface area (Å²) >= 11 is 0. The Labute approximate surface area is 93.4 Å². The predicted octanol–water partition coefficient (Wildman–Crippen LogP) is -1.60. The van der Waals surface area contributed by atoms with E-state index in [1.165, 1.54) is 0 Å². The largest absolute Gasteiger partial charge is 0.396 e. The van der Waals surface area contributed by atoms with E-state index in [0.717, 1.165) is 0 Å². The van der Waals surface area contributed by atoms with Crippen molar-refractivity contribution < 1.29 is 15.3 Å². The van der Waals surface area contributed by atoms with Crippen LogP contribution in [0.5, 0.6) is 0 Å². The second-order valence-electron chi connectivity index (χ2n) is 6.86. The molecular formula is C12H17NO3. The third-order valence-corrected chi connectivity index (χ3v) is 7.62. The van der Waals surface area contributed by atoms with Gasteiger partial charge in [0.05, 0.1) is 0 Å². The van der Waals surface area contributed by atoms with Gasteiger partial charge in [0.2, 0.25) is 0 Å². The molecule has 16 heavy (non-hydrogen) atoms. The van der Waals surface area contributed by atoms with Gasteiger partial charge >= 0.3 is 0 Å². The summed E-state index contributed by atoms with van der Waals surface area (Å²) in [4.78, 5) is 0. The molecule has 6 aliphatic rings. The molecule has 0 aromatic heterocycles. The van der Waals surface area contributed by atoms with E-state index in [1.807, 2.05) is 0 Å². The quantitative estimate of drug-likeness (QED) is 0.462. The maximum atomic E-state index is 9.64. The van der Waals surface area contributed by atoms with Crippen molar-refractivity contribution in [2.24, 2.45) is 51.1 Å². The second kappa shape index (κ2) is 1.79. The molecule has 0 unspecified atom stereocenters. The first-order valence-corrected chi connectivity index (χ1v) is 6.24. The zero-order chi connectivity index (χ0) is 11.1. The summed E-state index contributed by atoms with van der Waals surface area (Å²) in [6, 6.07) is 0. The van der Waals surface area contributed by atoms with Crippen molar-refractivity contribution in [2.75, 3.05) is 26.4 Å². The molecule has 0 heterocycles. The Morgan fingerprint density at radius 2 is 1.00 bits per heavy atom. The van der Waals surface area contributed by atoms with Crippen LogP contribution in [0.4, 0.5) is 0 Å². The molecule has 0 aromatic carbocycles. The molecule has 0 aliphatic heterocycles. The summed E-state index contributed by atoms with van der Waals surface area (Å²) in [5.41, 5.74) is 6.28. The average Bonchev–Trinajstić information content (AvgIpc) is 2.35. The highest BCUT2D eigenvalue weighted by molar-refractivity contribution is 5.64. The Morgan fingerprint density at radius 1 is 0.688 bits per heavy atom. The number of hydrogen-bond acceptors (Lipinski definition) is 4. The van der Waals surface area contributed by atoms with Gasteiger partial charge in [0.1, 0.15) is 0 Å². The Morgan fingerprint density at radius 3 is 1.25 bits per heavy atom. The third-order valence-electron chi connectivity index (χ3n) is 7.62. The van der Waals surface area contributed by atoms with Crippen LogP contribution >= 0.6 is 0 Å². The number of aliphatic hydroxyl groups is 3. The molecule has 0 bridgehead atoms. The molecular weight excluding hydrogens is 206 g/mol. The van der Waals surface area contributed by atoms with E-state index in [9.17, 15) is 15.3 Å². The van der Waals surface area contributed by atoms with Crippen molar-refractivity contribution in [1.82, 2.24) is 0 Å². The molecule has 0 aromatic rings. The second-order valence-corrected chi connectivity index (χ2v) is 6.86. The van der Waals surface area contributed by atoms with Gasteiger partial charge in [-0.3, -0.25) is 0 Å². The summed E-state index contributed by atoms with van der Waals surface area (Å²) < 4.78 is 0. The molecule has 0 saturated heterocycles. The van der Waals surface area contributed by atoms with Crippen molar-refractivity contribution >= 4 is 0 Å². The minimum atomic E-state index is 0.0551. The first-order chi connectivity index (χ1) is 7.71. The van der Waals surface area contributed by atoms with Crippen LogP contribution in [-0.2, 0) is 0 Å². The van der Waals surface area contributed by atoms with Crippen LogP contribution in [0.1, 0.15) is 0 Å². The van der Waals surface area contributed by atoms with Crippen LogP contribution < -0.4 is 5.73 Å². The van der Waals surface area contributed by atoms with E-state index in [0.29, 0.717) is 30.2 Å². The minimum absolute atomic E-state index is 0.0551. The monoisotopic (exact) mass is 223 g/mol. The average molecular weight is 223 g/mol. The fourth-order valence-electron chi connectivity index (χ4n) is 8.60. The Hall–Kier alpha value is -0.160. The summed E-state index contributed by atoms with van der Waals surface area (Å²) in [6.07, 6.45) is 0. The SMILES string of the molecule is NCC12C3C4(CO)C1C1(CO)C2C3(CO)C41. The molecule has 6 fully saturated rings. The van der Waals surface area contributed by atoms with Gasteiger partial charge in [-0.15, -0.1) is 0 Å². The van der Waals surface area contributed by atoms with Crippen molar-refractivity contribution in [2.45, 2.75) is 0 Å². The lowest BCUT2D eigenvalue weighted by Gasteiger charge is -3.18. The van der Waals surface area contributed by atoms with Gasteiger partial charge in [0.15, 0.2) is 0 Å². The smallest absolute Gasteiger partial charge is 0.0496 e. The maximum Gasteiger partial charge on any atom is 0.0496 e. The molecule has 0 spiro atoms. The lowest BCUT2D eigenvalue weighted by molar-refractivity contribution is -0.740. The fraction of sp³-hybridized carbons (Fsp3) is 1.00. The minimum Gasteiger partial charge on any atom is -0.396 e. The first-order valence-electron chi connectivity index (χ1n) is 6.24. The fourth-order valence-corrected chi connectivity index (χ4v) is 8.60. The maximum absolute atomic E-state index is 9.64. The standard InChI is InChI=1S/C12H17NO3/c13-1-9-5-10(2-14)6(9)12(4-16)7(9)11(5,3-15)8(10)12/h5-8,14-16H,1-4,13H2. The van der Waals surface area contributed by atoms with E-state index in [-0.39, 0.29) is 41.5 Å². The Bertz CT molecular complexity index is 305. The van der Waals surface area contributed by atoms with Crippen molar-refractivity contribution in [3.63, 3.8) is 0 Å². The highest BCUT2D eigenvalue weighted by Gasteiger charge is 3.18. The topological polar surface area (TPSA) is 86.7 Å². The van der Waals surface area contributed by atoms with Crippen molar-refractivity contribution in [3.05, 3.63) is 0 Å². The van der Waals surface area contributed by atoms with Crippen LogP contribution in [0.25, 0.3) is 0 Å². The summed E-state index contributed by atoms with van der Waals surface area (Å²) in [6.45, 7) is 1.35. The van der Waals surface area contributed by atoms with Crippen LogP contribution in [0, 0.1) is 45.3 Å². The van der Waals surface area contributed by atoms with Gasteiger partial charge in [0.25, 0.3) is 0 Å². The molecule has 4 nitrogen and oxygen atoms in total. The Balaban J connectivity index is 1.68. The molecule has 4 heteroatoms. The van der Waals surface area contributed by atoms with Gasteiger partial charge in [-0.05, 0) is 35.6 Å². The highest BCUT2D eigenvalue weighted by Crippen LogP contribution is 3.17. The van der Waals surface area contributed by atoms with E-state index in [1.54, 1.807) is 0 Å². The Kier molecular flexibility index (Phi) is 0.992. The molecule has 6 saturated carbocycles. The van der Waals surface area contributed by atoms with E-state index < -0.39 is 0 Å². The number of rotatable bonds is 4. The van der Waals surface area contributed by atoms with Crippen LogP contribution in [0.15, 0.2) is 0 Å². The van der Waals surface area contributed by atoms with Crippen molar-refractivity contribution in [3.8, 4) is 0 Å². The number of hydrogen-bond donors (Lipinski definition) is 4. The number of aliphatic hydroxyl groups excluding tert-OH is 3. The van der Waals surface area contributed by atoms with Crippen LogP contribution in [-0.4, -0.2) is 41.7 Å². The third kappa shape index (κ3) is 0.325. The predicted molar refractivity (Wildman–Crippen MR) is 54.0 cm³/mol. The molecule has 5 N–H and O–H groups in total. The molecule has 0 radical (unpaired) electrons. The van der Waals surface area contributed by atoms with E-state index >= 15 is 0 Å². The summed E-state index contributed by atoms with van der Waals surface area (Å²) in [5, 5.41) is 28.9. The van der Waals surface area contributed by atoms with E-state index in [2.05, 4.69) is 0 Å². The zero-order valence-corrected chi connectivity index (χ0v) is 9.06. The van der Waals surface area contributed by atoms with Crippen LogP contribution in [0.2, 0.25) is 0 Å². The summed E-state index contributed by atoms with van der Waals surface area (Å²) in [5.74, 6) is 1.77. The van der Waals surface area contributed by atoms with Gasteiger partial charge in [-0.1, -0.05) is 0 Å². The lowest BCUT2D eigenvalue weighted by Crippen LogP contribution is -3.19. The highest BCUT2D eigenvalue weighted by atomic mass is 16.3. The van der Waals surface area contributed by atoms with Crippen LogP contribution in [0.3, 0.4) is 0 Å². The van der Waals surface area contributed by atoms with Gasteiger partial charge in [0, 0.05) is 36.1 Å². The molecule has 0 amide bonds. The van der Waals surface area contributed by atoms with E-state index in [4.69, 9.17) is 5.73 Å². The molecule has 0 atom stereocenters. The number of nitrogens with two attached hydrogens (primary N) is 1. The lowest BCUT2D eigenvalue weighted by atomic mass is 8.84. The molecule has 6 aliphatic carbocycles. The first kappa shape index (κ1) is 8.86.